The predicted octanol–water partition coefficient (Wildman–Crippen LogP) is 2.74. The lowest BCUT2D eigenvalue weighted by molar-refractivity contribution is 0.216. The molecule has 2 rings (SSSR count). The minimum atomic E-state index is 0.417. The van der Waals surface area contributed by atoms with Gasteiger partial charge in [-0.3, -0.25) is 0 Å². The van der Waals surface area contributed by atoms with Crippen LogP contribution in [0.2, 0.25) is 0 Å². The Balaban J connectivity index is 1.84. The van der Waals surface area contributed by atoms with Gasteiger partial charge in [-0.25, -0.2) is 0 Å². The molecule has 2 aromatic carbocycles. The van der Waals surface area contributed by atoms with Crippen LogP contribution in [0.15, 0.2) is 42.5 Å². The highest BCUT2D eigenvalue weighted by atomic mass is 16.5. The summed E-state index contributed by atoms with van der Waals surface area (Å²) in [4.78, 5) is 0. The summed E-state index contributed by atoms with van der Waals surface area (Å²) < 4.78 is 21.5. The molecule has 0 aromatic heterocycles. The van der Waals surface area contributed by atoms with Gasteiger partial charge in [0, 0.05) is 23.9 Å². The van der Waals surface area contributed by atoms with E-state index in [1.807, 2.05) is 12.1 Å². The van der Waals surface area contributed by atoms with E-state index in [1.54, 1.807) is 44.6 Å². The van der Waals surface area contributed by atoms with Crippen LogP contribution in [0.4, 0.5) is 5.69 Å². The van der Waals surface area contributed by atoms with Crippen molar-refractivity contribution in [3.05, 3.63) is 42.5 Å². The number of benzene rings is 2. The Hall–Kier alpha value is -2.56. The Morgan fingerprint density at radius 2 is 1.19 bits per heavy atom. The number of hydrogen-bond donors (Lipinski definition) is 1. The second-order valence-corrected chi connectivity index (χ2v) is 4.31. The third kappa shape index (κ3) is 4.49. The number of nitrogens with two attached hydrogens (primary N) is 1. The van der Waals surface area contributed by atoms with E-state index in [4.69, 9.17) is 24.7 Å². The van der Waals surface area contributed by atoms with Crippen LogP contribution in [0.1, 0.15) is 0 Å². The lowest BCUT2D eigenvalue weighted by atomic mass is 10.3. The summed E-state index contributed by atoms with van der Waals surface area (Å²) in [5.74, 6) is 2.80. The first-order chi connectivity index (χ1) is 10.2. The number of hydrogen-bond acceptors (Lipinski definition) is 5. The van der Waals surface area contributed by atoms with Crippen molar-refractivity contribution in [3.8, 4) is 23.0 Å². The average Bonchev–Trinajstić information content (AvgIpc) is 2.53. The highest BCUT2D eigenvalue weighted by Crippen LogP contribution is 2.27. The van der Waals surface area contributed by atoms with Crippen molar-refractivity contribution in [3.63, 3.8) is 0 Å². The van der Waals surface area contributed by atoms with Gasteiger partial charge in [0.1, 0.15) is 36.2 Å². The van der Waals surface area contributed by atoms with E-state index in [2.05, 4.69) is 0 Å². The third-order valence-electron chi connectivity index (χ3n) is 2.83. The Kier molecular flexibility index (Phi) is 5.15. The molecule has 0 fully saturated rings. The maximum absolute atomic E-state index is 5.63. The molecule has 5 nitrogen and oxygen atoms in total. The second-order valence-electron chi connectivity index (χ2n) is 4.31. The fourth-order valence-corrected chi connectivity index (χ4v) is 1.75. The van der Waals surface area contributed by atoms with Crippen molar-refractivity contribution in [1.29, 1.82) is 0 Å². The molecule has 0 bridgehead atoms. The molecule has 0 unspecified atom stereocenters. The maximum atomic E-state index is 5.63. The minimum absolute atomic E-state index is 0.417. The van der Waals surface area contributed by atoms with E-state index >= 15 is 0 Å². The van der Waals surface area contributed by atoms with E-state index in [1.165, 1.54) is 0 Å². The SMILES string of the molecule is COc1cc(OC)cc(OCCOc2ccc(N)cc2)c1. The van der Waals surface area contributed by atoms with Gasteiger partial charge in [-0.1, -0.05) is 0 Å². The second kappa shape index (κ2) is 7.28. The van der Waals surface area contributed by atoms with Gasteiger partial charge < -0.3 is 24.7 Å². The first-order valence-electron chi connectivity index (χ1n) is 6.55. The van der Waals surface area contributed by atoms with Crippen LogP contribution in [0, 0.1) is 0 Å². The van der Waals surface area contributed by atoms with Gasteiger partial charge in [0.2, 0.25) is 0 Å². The molecule has 0 radical (unpaired) electrons. The van der Waals surface area contributed by atoms with E-state index < -0.39 is 0 Å². The first-order valence-corrected chi connectivity index (χ1v) is 6.55. The smallest absolute Gasteiger partial charge is 0.126 e. The zero-order chi connectivity index (χ0) is 15.1. The Morgan fingerprint density at radius 3 is 1.71 bits per heavy atom. The van der Waals surface area contributed by atoms with Crippen molar-refractivity contribution < 1.29 is 18.9 Å². The lowest BCUT2D eigenvalue weighted by Crippen LogP contribution is -2.09. The van der Waals surface area contributed by atoms with Crippen LogP contribution < -0.4 is 24.7 Å². The number of anilines is 1. The maximum Gasteiger partial charge on any atom is 0.126 e. The zero-order valence-corrected chi connectivity index (χ0v) is 12.2. The molecule has 0 aliphatic rings. The Morgan fingerprint density at radius 1 is 0.714 bits per heavy atom. The highest BCUT2D eigenvalue weighted by Gasteiger charge is 2.03. The van der Waals surface area contributed by atoms with E-state index in [9.17, 15) is 0 Å². The number of methoxy groups -OCH3 is 2. The highest BCUT2D eigenvalue weighted by molar-refractivity contribution is 5.42. The number of nitrogen functional groups attached to an aromatic ring is 1. The Bertz CT molecular complexity index is 547. The quantitative estimate of drug-likeness (QED) is 0.627. The molecule has 0 amide bonds. The molecule has 0 aliphatic heterocycles. The summed E-state index contributed by atoms with van der Waals surface area (Å²) in [6.07, 6.45) is 0. The van der Waals surface area contributed by atoms with Gasteiger partial charge >= 0.3 is 0 Å². The molecule has 2 N–H and O–H groups in total. The molecule has 0 saturated carbocycles. The lowest BCUT2D eigenvalue weighted by Gasteiger charge is -2.11. The van der Waals surface area contributed by atoms with Gasteiger partial charge in [0.15, 0.2) is 0 Å². The topological polar surface area (TPSA) is 62.9 Å². The first kappa shape index (κ1) is 14.8. The van der Waals surface area contributed by atoms with Crippen molar-refractivity contribution in [2.75, 3.05) is 33.2 Å². The molecule has 0 heterocycles. The van der Waals surface area contributed by atoms with Crippen LogP contribution in [-0.2, 0) is 0 Å². The number of ether oxygens (including phenoxy) is 4. The molecule has 0 spiro atoms. The fraction of sp³-hybridized carbons (Fsp3) is 0.250. The summed E-state index contributed by atoms with van der Waals surface area (Å²) in [6.45, 7) is 0.851. The molecule has 112 valence electrons. The summed E-state index contributed by atoms with van der Waals surface area (Å²) in [5, 5.41) is 0. The van der Waals surface area contributed by atoms with E-state index in [0.717, 1.165) is 5.75 Å². The van der Waals surface area contributed by atoms with Gasteiger partial charge in [-0.2, -0.15) is 0 Å². The van der Waals surface area contributed by atoms with Crippen molar-refractivity contribution in [1.82, 2.24) is 0 Å². The minimum Gasteiger partial charge on any atom is -0.496 e. The average molecular weight is 289 g/mol. The van der Waals surface area contributed by atoms with Crippen molar-refractivity contribution in [2.45, 2.75) is 0 Å². The summed E-state index contributed by atoms with van der Waals surface area (Å²) in [7, 11) is 3.20. The molecular formula is C16H19NO4. The van der Waals surface area contributed by atoms with Crippen LogP contribution in [0.3, 0.4) is 0 Å². The summed E-state index contributed by atoms with van der Waals surface area (Å²) >= 11 is 0. The molecule has 0 atom stereocenters. The summed E-state index contributed by atoms with van der Waals surface area (Å²) in [5.41, 5.74) is 6.32. The van der Waals surface area contributed by atoms with Gasteiger partial charge in [-0.15, -0.1) is 0 Å². The van der Waals surface area contributed by atoms with Gasteiger partial charge in [-0.05, 0) is 24.3 Å². The van der Waals surface area contributed by atoms with Crippen LogP contribution >= 0.6 is 0 Å². The van der Waals surface area contributed by atoms with Crippen molar-refractivity contribution >= 4 is 5.69 Å². The molecule has 21 heavy (non-hydrogen) atoms. The predicted molar refractivity (Wildman–Crippen MR) is 81.4 cm³/mol. The van der Waals surface area contributed by atoms with Crippen molar-refractivity contribution in [2.24, 2.45) is 0 Å². The standard InChI is InChI=1S/C16H19NO4/c1-18-14-9-15(19-2)11-16(10-14)21-8-7-20-13-5-3-12(17)4-6-13/h3-6,9-11H,7-8,17H2,1-2H3. The molecule has 0 aliphatic carbocycles. The van der Waals surface area contributed by atoms with Gasteiger partial charge in [0.25, 0.3) is 0 Å². The fourth-order valence-electron chi connectivity index (χ4n) is 1.75. The van der Waals surface area contributed by atoms with E-state index in [-0.39, 0.29) is 0 Å². The van der Waals surface area contributed by atoms with Crippen LogP contribution in [0.25, 0.3) is 0 Å². The molecular weight excluding hydrogens is 270 g/mol. The third-order valence-corrected chi connectivity index (χ3v) is 2.83. The molecule has 2 aromatic rings. The monoisotopic (exact) mass is 289 g/mol. The number of rotatable bonds is 7. The van der Waals surface area contributed by atoms with Crippen LogP contribution in [0.5, 0.6) is 23.0 Å². The van der Waals surface area contributed by atoms with Gasteiger partial charge in [0.05, 0.1) is 14.2 Å². The molecule has 0 saturated heterocycles. The normalized spacial score (nSPS) is 10.0. The Labute approximate surface area is 124 Å². The van der Waals surface area contributed by atoms with E-state index in [0.29, 0.717) is 36.1 Å². The zero-order valence-electron chi connectivity index (χ0n) is 12.2. The molecule has 5 heteroatoms. The van der Waals surface area contributed by atoms with Crippen LogP contribution in [-0.4, -0.2) is 27.4 Å². The largest absolute Gasteiger partial charge is 0.496 e. The summed E-state index contributed by atoms with van der Waals surface area (Å²) in [6, 6.07) is 12.6.